The Balaban J connectivity index is 1.72. The molecule has 13 nitrogen and oxygen atoms in total. The third kappa shape index (κ3) is 3.18. The molecule has 0 radical (unpaired) electrons. The number of phenolic OH excluding ortho intramolecular Hbond substituents is 2. The number of hydrogen-bond donors (Lipinski definition) is 4. The summed E-state index contributed by atoms with van der Waals surface area (Å²) in [4.78, 5) is 49.2. The highest BCUT2D eigenvalue weighted by molar-refractivity contribution is 7.88. The standard InChI is InChI=1S/C14H15N5O8S/c15-8-6-18(12(8)23)13(24)16-28(26,27)19-4-3-17(14(19)25)11(22)7-1-2-9(20)10(21)5-7/h1-2,5,8,20-21H,3-4,6,15H2,(H,16,24). The van der Waals surface area contributed by atoms with E-state index in [9.17, 15) is 37.8 Å². The van der Waals surface area contributed by atoms with E-state index in [4.69, 9.17) is 5.73 Å². The molecule has 3 rings (SSSR count). The number of amides is 6. The Kier molecular flexibility index (Phi) is 4.60. The first-order valence-corrected chi connectivity index (χ1v) is 9.26. The van der Waals surface area contributed by atoms with E-state index < -0.39 is 58.2 Å². The second kappa shape index (κ2) is 6.65. The van der Waals surface area contributed by atoms with Gasteiger partial charge in [0.15, 0.2) is 11.5 Å². The van der Waals surface area contributed by atoms with Crippen LogP contribution in [0, 0.1) is 0 Å². The molecule has 28 heavy (non-hydrogen) atoms. The van der Waals surface area contributed by atoms with Crippen LogP contribution in [0.4, 0.5) is 9.59 Å². The van der Waals surface area contributed by atoms with Gasteiger partial charge in [-0.05, 0) is 18.2 Å². The Morgan fingerprint density at radius 3 is 2.36 bits per heavy atom. The molecule has 0 aromatic heterocycles. The molecule has 1 aromatic carbocycles. The number of carbonyl (C=O) groups excluding carboxylic acids is 4. The van der Waals surface area contributed by atoms with Crippen molar-refractivity contribution in [1.82, 2.24) is 18.8 Å². The Morgan fingerprint density at radius 1 is 1.11 bits per heavy atom. The van der Waals surface area contributed by atoms with Crippen molar-refractivity contribution in [2.24, 2.45) is 5.73 Å². The molecular formula is C14H15N5O8S. The number of benzene rings is 1. The van der Waals surface area contributed by atoms with Crippen LogP contribution >= 0.6 is 0 Å². The predicted molar refractivity (Wildman–Crippen MR) is 90.1 cm³/mol. The van der Waals surface area contributed by atoms with Gasteiger partial charge >= 0.3 is 22.3 Å². The van der Waals surface area contributed by atoms with Gasteiger partial charge in [-0.3, -0.25) is 19.4 Å². The average Bonchev–Trinajstić information content (AvgIpc) is 3.02. The molecule has 2 saturated heterocycles. The molecule has 1 unspecified atom stereocenters. The van der Waals surface area contributed by atoms with Crippen LogP contribution in [0.15, 0.2) is 18.2 Å². The van der Waals surface area contributed by atoms with Gasteiger partial charge < -0.3 is 15.9 Å². The monoisotopic (exact) mass is 413 g/mol. The second-order valence-corrected chi connectivity index (χ2v) is 7.58. The highest BCUT2D eigenvalue weighted by atomic mass is 32.2. The maximum Gasteiger partial charge on any atom is 0.342 e. The Bertz CT molecular complexity index is 993. The number of phenols is 2. The van der Waals surface area contributed by atoms with Crippen LogP contribution in [-0.4, -0.2) is 82.3 Å². The molecule has 0 bridgehead atoms. The van der Waals surface area contributed by atoms with E-state index in [2.05, 4.69) is 0 Å². The maximum atomic E-state index is 12.4. The molecule has 2 heterocycles. The Morgan fingerprint density at radius 2 is 1.79 bits per heavy atom. The molecule has 0 spiro atoms. The van der Waals surface area contributed by atoms with Crippen LogP contribution in [-0.2, 0) is 15.0 Å². The summed E-state index contributed by atoms with van der Waals surface area (Å²) in [6.45, 7) is -0.893. The van der Waals surface area contributed by atoms with Crippen molar-refractivity contribution < 1.29 is 37.8 Å². The molecular weight excluding hydrogens is 398 g/mol. The number of nitrogens with zero attached hydrogens (tertiary/aromatic N) is 3. The maximum absolute atomic E-state index is 12.4. The van der Waals surface area contributed by atoms with Crippen LogP contribution in [0.25, 0.3) is 0 Å². The molecule has 1 atom stereocenters. The zero-order chi connectivity index (χ0) is 20.8. The van der Waals surface area contributed by atoms with Crippen molar-refractivity contribution in [3.8, 4) is 11.5 Å². The van der Waals surface area contributed by atoms with Gasteiger partial charge in [0.1, 0.15) is 6.04 Å². The predicted octanol–water partition coefficient (Wildman–Crippen LogP) is -1.90. The van der Waals surface area contributed by atoms with Crippen LogP contribution in [0.1, 0.15) is 10.4 Å². The van der Waals surface area contributed by atoms with E-state index in [1.54, 1.807) is 4.72 Å². The fourth-order valence-electron chi connectivity index (χ4n) is 2.60. The first-order valence-electron chi connectivity index (χ1n) is 7.82. The van der Waals surface area contributed by atoms with E-state index in [1.165, 1.54) is 0 Å². The molecule has 2 aliphatic heterocycles. The number of rotatable bonds is 3. The van der Waals surface area contributed by atoms with Crippen LogP contribution in [0.5, 0.6) is 11.5 Å². The van der Waals surface area contributed by atoms with Crippen molar-refractivity contribution in [3.63, 3.8) is 0 Å². The minimum absolute atomic E-state index is 0.160. The van der Waals surface area contributed by atoms with Gasteiger partial charge in [0, 0.05) is 12.1 Å². The molecule has 14 heteroatoms. The largest absolute Gasteiger partial charge is 0.504 e. The molecule has 6 amide bonds. The number of urea groups is 2. The average molecular weight is 413 g/mol. The lowest BCUT2D eigenvalue weighted by Crippen LogP contribution is -2.66. The molecule has 0 aliphatic carbocycles. The summed E-state index contributed by atoms with van der Waals surface area (Å²) in [5, 5.41) is 18.7. The Labute approximate surface area is 158 Å². The summed E-state index contributed by atoms with van der Waals surface area (Å²) in [5.41, 5.74) is 5.16. The van der Waals surface area contributed by atoms with Crippen LogP contribution in [0.2, 0.25) is 0 Å². The molecule has 2 fully saturated rings. The fourth-order valence-corrected chi connectivity index (χ4v) is 3.66. The topological polar surface area (TPSA) is 191 Å². The van der Waals surface area contributed by atoms with E-state index in [0.29, 0.717) is 9.80 Å². The number of nitrogens with one attached hydrogen (secondary N) is 1. The van der Waals surface area contributed by atoms with E-state index >= 15 is 0 Å². The van der Waals surface area contributed by atoms with Crippen LogP contribution < -0.4 is 10.5 Å². The number of hydrogen-bond acceptors (Lipinski definition) is 9. The highest BCUT2D eigenvalue weighted by Crippen LogP contribution is 2.26. The summed E-state index contributed by atoms with van der Waals surface area (Å²) in [6.07, 6.45) is 0. The van der Waals surface area contributed by atoms with Gasteiger partial charge in [-0.2, -0.15) is 8.42 Å². The highest BCUT2D eigenvalue weighted by Gasteiger charge is 2.44. The third-order valence-corrected chi connectivity index (χ3v) is 5.50. The van der Waals surface area contributed by atoms with Crippen molar-refractivity contribution in [1.29, 1.82) is 0 Å². The van der Waals surface area contributed by atoms with Gasteiger partial charge in [-0.1, -0.05) is 0 Å². The lowest BCUT2D eigenvalue weighted by molar-refractivity contribution is -0.137. The van der Waals surface area contributed by atoms with Gasteiger partial charge in [-0.25, -0.2) is 18.6 Å². The lowest BCUT2D eigenvalue weighted by atomic mass is 10.1. The Hall–Kier alpha value is -3.39. The zero-order valence-corrected chi connectivity index (χ0v) is 14.9. The normalized spacial score (nSPS) is 19.6. The minimum atomic E-state index is -4.67. The zero-order valence-electron chi connectivity index (χ0n) is 14.1. The summed E-state index contributed by atoms with van der Waals surface area (Å²) >= 11 is 0. The van der Waals surface area contributed by atoms with Crippen molar-refractivity contribution in [3.05, 3.63) is 23.8 Å². The third-order valence-electron chi connectivity index (χ3n) is 4.15. The molecule has 1 aromatic rings. The number of carbonyl (C=O) groups is 4. The number of aromatic hydroxyl groups is 2. The minimum Gasteiger partial charge on any atom is -0.504 e. The SMILES string of the molecule is NC1CN(C(=O)NS(=O)(=O)N2CCN(C(=O)c3ccc(O)c(O)c3)C2=O)C1=O. The second-order valence-electron chi connectivity index (χ2n) is 5.98. The van der Waals surface area contributed by atoms with E-state index in [1.807, 2.05) is 0 Å². The smallest absolute Gasteiger partial charge is 0.342 e. The number of imide groups is 2. The van der Waals surface area contributed by atoms with Crippen molar-refractivity contribution in [2.45, 2.75) is 6.04 Å². The summed E-state index contributed by atoms with van der Waals surface area (Å²) in [7, 11) is -4.67. The number of likely N-dealkylation sites (tertiary alicyclic amines) is 1. The van der Waals surface area contributed by atoms with Gasteiger partial charge in [0.2, 0.25) is 5.91 Å². The first-order chi connectivity index (χ1) is 13.0. The van der Waals surface area contributed by atoms with E-state index in [-0.39, 0.29) is 23.0 Å². The molecule has 5 N–H and O–H groups in total. The van der Waals surface area contributed by atoms with Crippen molar-refractivity contribution >= 4 is 34.1 Å². The number of nitrogens with two attached hydrogens (primary N) is 1. The van der Waals surface area contributed by atoms with Crippen molar-refractivity contribution in [2.75, 3.05) is 19.6 Å². The van der Waals surface area contributed by atoms with Crippen LogP contribution in [0.3, 0.4) is 0 Å². The molecule has 0 saturated carbocycles. The van der Waals surface area contributed by atoms with Gasteiger partial charge in [0.25, 0.3) is 5.91 Å². The van der Waals surface area contributed by atoms with Gasteiger partial charge in [0.05, 0.1) is 13.1 Å². The molecule has 150 valence electrons. The van der Waals surface area contributed by atoms with Gasteiger partial charge in [-0.15, -0.1) is 0 Å². The fraction of sp³-hybridized carbons (Fsp3) is 0.286. The van der Waals surface area contributed by atoms with E-state index in [0.717, 1.165) is 18.2 Å². The lowest BCUT2D eigenvalue weighted by Gasteiger charge is -2.34. The summed E-state index contributed by atoms with van der Waals surface area (Å²) in [6, 6.07) is -0.272. The quantitative estimate of drug-likeness (QED) is 0.324. The molecule has 2 aliphatic rings. The number of β-lactam (4-membered cyclic amide) rings is 1. The summed E-state index contributed by atoms with van der Waals surface area (Å²) < 4.78 is 26.4. The first kappa shape index (κ1) is 19.4. The summed E-state index contributed by atoms with van der Waals surface area (Å²) in [5.74, 6) is -2.74.